The SMILES string of the molecule is CC1(C)OC(C#[N+][O-])C(C)(C)O1. The summed E-state index contributed by atoms with van der Waals surface area (Å²) in [6, 6.07) is 2.31. The Balaban J connectivity index is 2.82. The van der Waals surface area contributed by atoms with Gasteiger partial charge in [0.05, 0.1) is 0 Å². The molecule has 0 aromatic carbocycles. The highest BCUT2D eigenvalue weighted by Gasteiger charge is 2.49. The molecule has 1 rings (SSSR count). The summed E-state index contributed by atoms with van der Waals surface area (Å²) in [6.45, 7) is 7.26. The molecular weight excluding hydrogens is 158 g/mol. The average molecular weight is 171 g/mol. The summed E-state index contributed by atoms with van der Waals surface area (Å²) in [5, 5.41) is 12.5. The van der Waals surface area contributed by atoms with Crippen LogP contribution < -0.4 is 0 Å². The fourth-order valence-electron chi connectivity index (χ4n) is 1.37. The lowest BCUT2D eigenvalue weighted by molar-refractivity contribution is -0.155. The molecule has 0 amide bonds. The number of hydrogen-bond acceptors (Lipinski definition) is 3. The van der Waals surface area contributed by atoms with Gasteiger partial charge in [-0.2, -0.15) is 0 Å². The van der Waals surface area contributed by atoms with Crippen LogP contribution >= 0.6 is 0 Å². The maximum Gasteiger partial charge on any atom is 0.333 e. The molecule has 0 aromatic heterocycles. The lowest BCUT2D eigenvalue weighted by Gasteiger charge is -2.20. The predicted molar refractivity (Wildman–Crippen MR) is 44.7 cm³/mol. The Kier molecular flexibility index (Phi) is 2.02. The first kappa shape index (κ1) is 9.30. The van der Waals surface area contributed by atoms with Crippen molar-refractivity contribution >= 4 is 0 Å². The number of nitrogens with zero attached hydrogens (tertiary/aromatic N) is 1. The smallest absolute Gasteiger partial charge is 0.333 e. The molecule has 0 aliphatic carbocycles. The van der Waals surface area contributed by atoms with Crippen molar-refractivity contribution in [1.82, 2.24) is 0 Å². The van der Waals surface area contributed by atoms with Crippen LogP contribution in [0.3, 0.4) is 0 Å². The summed E-state index contributed by atoms with van der Waals surface area (Å²) in [6.07, 6.45) is -0.481. The van der Waals surface area contributed by atoms with Gasteiger partial charge < -0.3 is 14.7 Å². The molecule has 1 heterocycles. The lowest BCUT2D eigenvalue weighted by atomic mass is 10.0. The Hall–Kier alpha value is -0.790. The van der Waals surface area contributed by atoms with Crippen LogP contribution in [0, 0.1) is 11.3 Å². The van der Waals surface area contributed by atoms with Crippen LogP contribution in [-0.2, 0) is 9.47 Å². The molecule has 1 aliphatic heterocycles. The fourth-order valence-corrected chi connectivity index (χ4v) is 1.37. The third-order valence-electron chi connectivity index (χ3n) is 1.71. The van der Waals surface area contributed by atoms with Crippen molar-refractivity contribution in [3.8, 4) is 6.07 Å². The van der Waals surface area contributed by atoms with Crippen LogP contribution in [0.25, 0.3) is 5.01 Å². The third kappa shape index (κ3) is 1.68. The Morgan fingerprint density at radius 3 is 2.25 bits per heavy atom. The van der Waals surface area contributed by atoms with Crippen molar-refractivity contribution in [2.75, 3.05) is 0 Å². The quantitative estimate of drug-likeness (QED) is 0.521. The minimum absolute atomic E-state index is 0.481. The van der Waals surface area contributed by atoms with Gasteiger partial charge in [-0.3, -0.25) is 0 Å². The molecule has 0 bridgehead atoms. The van der Waals surface area contributed by atoms with Crippen molar-refractivity contribution in [3.63, 3.8) is 0 Å². The van der Waals surface area contributed by atoms with Crippen LogP contribution in [0.2, 0.25) is 0 Å². The minimum Gasteiger partial charge on any atom is -0.498 e. The van der Waals surface area contributed by atoms with E-state index in [1.165, 1.54) is 0 Å². The van der Waals surface area contributed by atoms with Gasteiger partial charge in [0.15, 0.2) is 5.79 Å². The van der Waals surface area contributed by atoms with Gasteiger partial charge >= 0.3 is 6.07 Å². The highest BCUT2D eigenvalue weighted by atomic mass is 16.8. The first-order valence-electron chi connectivity index (χ1n) is 3.83. The van der Waals surface area contributed by atoms with E-state index in [0.29, 0.717) is 0 Å². The summed E-state index contributed by atoms with van der Waals surface area (Å²) < 4.78 is 10.9. The topological polar surface area (TPSA) is 45.9 Å². The van der Waals surface area contributed by atoms with Crippen molar-refractivity contribution in [2.24, 2.45) is 0 Å². The molecule has 0 spiro atoms. The molecule has 0 radical (unpaired) electrons. The van der Waals surface area contributed by atoms with E-state index in [1.807, 2.05) is 13.8 Å². The summed E-state index contributed by atoms with van der Waals surface area (Å²) in [5.41, 5.74) is -0.530. The van der Waals surface area contributed by atoms with Gasteiger partial charge in [0, 0.05) is 5.01 Å². The van der Waals surface area contributed by atoms with Gasteiger partial charge in [-0.1, -0.05) is 0 Å². The molecule has 1 unspecified atom stereocenters. The second-order valence-electron chi connectivity index (χ2n) is 3.82. The largest absolute Gasteiger partial charge is 0.498 e. The van der Waals surface area contributed by atoms with Crippen LogP contribution in [0.15, 0.2) is 0 Å². The zero-order valence-corrected chi connectivity index (χ0v) is 7.75. The second-order valence-corrected chi connectivity index (χ2v) is 3.82. The maximum absolute atomic E-state index is 9.96. The standard InChI is InChI=1S/C8H13NO3/c1-7(2)6(5-9-10)11-8(3,4)12-7/h6H,1-4H3. The molecule has 4 nitrogen and oxygen atoms in total. The van der Waals surface area contributed by atoms with E-state index >= 15 is 0 Å². The van der Waals surface area contributed by atoms with E-state index < -0.39 is 17.5 Å². The molecule has 1 fully saturated rings. The molecule has 12 heavy (non-hydrogen) atoms. The van der Waals surface area contributed by atoms with E-state index in [4.69, 9.17) is 9.47 Å². The van der Waals surface area contributed by atoms with Gasteiger partial charge in [-0.05, 0) is 27.7 Å². The zero-order valence-electron chi connectivity index (χ0n) is 7.75. The molecule has 68 valence electrons. The number of rotatable bonds is 0. The first-order chi connectivity index (χ1) is 5.37. The molecule has 0 saturated carbocycles. The summed E-state index contributed by atoms with van der Waals surface area (Å²) in [7, 11) is 0. The van der Waals surface area contributed by atoms with Crippen molar-refractivity contribution in [3.05, 3.63) is 10.2 Å². The fraction of sp³-hybridized carbons (Fsp3) is 0.875. The summed E-state index contributed by atoms with van der Waals surface area (Å²) in [5.74, 6) is -0.661. The number of ether oxygens (including phenoxy) is 2. The van der Waals surface area contributed by atoms with Gasteiger partial charge in [0.1, 0.15) is 5.60 Å². The van der Waals surface area contributed by atoms with E-state index in [1.54, 1.807) is 13.8 Å². The number of hydrogen-bond donors (Lipinski definition) is 0. The molecule has 0 N–H and O–H groups in total. The zero-order chi connectivity index (χ0) is 9.41. The van der Waals surface area contributed by atoms with Crippen LogP contribution in [-0.4, -0.2) is 17.5 Å². The normalized spacial score (nSPS) is 30.8. The van der Waals surface area contributed by atoms with Crippen LogP contribution in [0.5, 0.6) is 0 Å². The second kappa shape index (κ2) is 2.61. The minimum atomic E-state index is -0.661. The van der Waals surface area contributed by atoms with Crippen molar-refractivity contribution < 1.29 is 9.47 Å². The van der Waals surface area contributed by atoms with Crippen LogP contribution in [0.4, 0.5) is 0 Å². The summed E-state index contributed by atoms with van der Waals surface area (Å²) >= 11 is 0. The van der Waals surface area contributed by atoms with Gasteiger partial charge in [-0.25, -0.2) is 0 Å². The monoisotopic (exact) mass is 171 g/mol. The molecule has 1 atom stereocenters. The predicted octanol–water partition coefficient (Wildman–Crippen LogP) is 1.75. The highest BCUT2D eigenvalue weighted by Crippen LogP contribution is 2.35. The maximum atomic E-state index is 9.96. The van der Waals surface area contributed by atoms with Gasteiger partial charge in [0.2, 0.25) is 6.10 Å². The Labute approximate surface area is 71.9 Å². The van der Waals surface area contributed by atoms with Gasteiger partial charge in [-0.15, -0.1) is 0 Å². The Bertz CT molecular complexity index is 236. The molecular formula is C8H13NO3. The van der Waals surface area contributed by atoms with Crippen molar-refractivity contribution in [1.29, 1.82) is 0 Å². The Morgan fingerprint density at radius 1 is 1.33 bits per heavy atom. The molecule has 1 aliphatic rings. The molecule has 1 saturated heterocycles. The van der Waals surface area contributed by atoms with Gasteiger partial charge in [0.25, 0.3) is 0 Å². The van der Waals surface area contributed by atoms with Crippen LogP contribution in [0.1, 0.15) is 27.7 Å². The third-order valence-corrected chi connectivity index (χ3v) is 1.71. The van der Waals surface area contributed by atoms with E-state index in [9.17, 15) is 5.21 Å². The highest BCUT2D eigenvalue weighted by molar-refractivity contribution is 5.08. The summed E-state index contributed by atoms with van der Waals surface area (Å²) in [4.78, 5) is 0. The lowest BCUT2D eigenvalue weighted by Crippen LogP contribution is -2.32. The molecule has 4 heteroatoms. The van der Waals surface area contributed by atoms with Crippen molar-refractivity contribution in [2.45, 2.75) is 45.2 Å². The Morgan fingerprint density at radius 2 is 1.92 bits per heavy atom. The van der Waals surface area contributed by atoms with E-state index in [0.717, 1.165) is 0 Å². The van der Waals surface area contributed by atoms with E-state index in [2.05, 4.69) is 11.1 Å². The average Bonchev–Trinajstić information content (AvgIpc) is 2.01. The molecule has 0 aromatic rings. The first-order valence-corrected chi connectivity index (χ1v) is 3.83. The van der Waals surface area contributed by atoms with E-state index in [-0.39, 0.29) is 0 Å².